The standard InChI is InChI=1S/C22H20N2O4/c1-3-14-8-9-16-15(12-27-19(16)10-14)11-20(25)28-13(2)21-23-18-7-5-4-6-17(18)22(26)24-21/h4-10,12-13H,3,11H2,1-2H3,(H,23,24,26)/t13-/m0/s1. The molecule has 0 aliphatic heterocycles. The maximum absolute atomic E-state index is 12.4. The van der Waals surface area contributed by atoms with Gasteiger partial charge in [0.2, 0.25) is 0 Å². The summed E-state index contributed by atoms with van der Waals surface area (Å²) in [5.41, 5.74) is 3.02. The summed E-state index contributed by atoms with van der Waals surface area (Å²) >= 11 is 0. The van der Waals surface area contributed by atoms with Gasteiger partial charge in [0.05, 0.1) is 23.6 Å². The fraction of sp³-hybridized carbons (Fsp3) is 0.227. The minimum absolute atomic E-state index is 0.0840. The number of aromatic nitrogens is 2. The zero-order chi connectivity index (χ0) is 19.7. The van der Waals surface area contributed by atoms with Crippen LogP contribution in [-0.4, -0.2) is 15.9 Å². The Morgan fingerprint density at radius 3 is 2.86 bits per heavy atom. The molecule has 0 radical (unpaired) electrons. The summed E-state index contributed by atoms with van der Waals surface area (Å²) < 4.78 is 11.1. The highest BCUT2D eigenvalue weighted by Crippen LogP contribution is 2.24. The van der Waals surface area contributed by atoms with Crippen molar-refractivity contribution < 1.29 is 13.9 Å². The molecule has 6 heteroatoms. The van der Waals surface area contributed by atoms with Crippen molar-refractivity contribution in [2.45, 2.75) is 32.8 Å². The topological polar surface area (TPSA) is 85.2 Å². The van der Waals surface area contributed by atoms with Crippen LogP contribution in [0.5, 0.6) is 0 Å². The zero-order valence-corrected chi connectivity index (χ0v) is 15.7. The van der Waals surface area contributed by atoms with Gasteiger partial charge in [0.25, 0.3) is 5.56 Å². The number of fused-ring (bicyclic) bond motifs is 2. The van der Waals surface area contributed by atoms with Crippen LogP contribution in [0, 0.1) is 0 Å². The first-order valence-electron chi connectivity index (χ1n) is 9.22. The molecule has 1 N–H and O–H groups in total. The Kier molecular flexibility index (Phi) is 4.69. The molecule has 0 saturated heterocycles. The normalized spacial score (nSPS) is 12.4. The number of esters is 1. The van der Waals surface area contributed by atoms with E-state index in [4.69, 9.17) is 9.15 Å². The largest absolute Gasteiger partial charge is 0.464 e. The molecule has 0 fully saturated rings. The molecular weight excluding hydrogens is 356 g/mol. The number of nitrogens with one attached hydrogen (secondary N) is 1. The number of benzene rings is 2. The molecule has 0 spiro atoms. The molecule has 1 atom stereocenters. The third-order valence-electron chi connectivity index (χ3n) is 4.79. The van der Waals surface area contributed by atoms with E-state index in [1.807, 2.05) is 24.3 Å². The van der Waals surface area contributed by atoms with Gasteiger partial charge in [-0.1, -0.05) is 31.2 Å². The van der Waals surface area contributed by atoms with Crippen molar-refractivity contribution in [1.82, 2.24) is 9.97 Å². The van der Waals surface area contributed by atoms with E-state index >= 15 is 0 Å². The van der Waals surface area contributed by atoms with Crippen molar-refractivity contribution in [2.24, 2.45) is 0 Å². The fourth-order valence-electron chi connectivity index (χ4n) is 3.23. The van der Waals surface area contributed by atoms with E-state index in [1.165, 1.54) is 5.56 Å². The van der Waals surface area contributed by atoms with Crippen molar-refractivity contribution in [3.63, 3.8) is 0 Å². The number of para-hydroxylation sites is 1. The van der Waals surface area contributed by atoms with Crippen molar-refractivity contribution in [3.05, 3.63) is 76.0 Å². The summed E-state index contributed by atoms with van der Waals surface area (Å²) in [6, 6.07) is 13.0. The lowest BCUT2D eigenvalue weighted by molar-refractivity contribution is -0.148. The Labute approximate surface area is 161 Å². The van der Waals surface area contributed by atoms with Crippen molar-refractivity contribution in [1.29, 1.82) is 0 Å². The van der Waals surface area contributed by atoms with Gasteiger partial charge in [0.15, 0.2) is 11.9 Å². The van der Waals surface area contributed by atoms with E-state index in [9.17, 15) is 9.59 Å². The number of carbonyl (C=O) groups is 1. The third kappa shape index (κ3) is 3.41. The second kappa shape index (κ2) is 7.31. The first kappa shape index (κ1) is 18.0. The first-order valence-corrected chi connectivity index (χ1v) is 9.22. The van der Waals surface area contributed by atoms with Gasteiger partial charge in [-0.3, -0.25) is 9.59 Å². The van der Waals surface area contributed by atoms with Crippen molar-refractivity contribution >= 4 is 27.8 Å². The number of rotatable bonds is 5. The minimum Gasteiger partial charge on any atom is -0.464 e. The van der Waals surface area contributed by atoms with Gasteiger partial charge in [-0.05, 0) is 37.1 Å². The third-order valence-corrected chi connectivity index (χ3v) is 4.79. The molecule has 0 aliphatic carbocycles. The quantitative estimate of drug-likeness (QED) is 0.531. The molecule has 4 rings (SSSR count). The molecule has 0 unspecified atom stereocenters. The predicted octanol–water partition coefficient (Wildman–Crippen LogP) is 4.08. The molecule has 28 heavy (non-hydrogen) atoms. The van der Waals surface area contributed by atoms with Gasteiger partial charge in [-0.25, -0.2) is 4.98 Å². The molecule has 0 saturated carbocycles. The van der Waals surface area contributed by atoms with Gasteiger partial charge < -0.3 is 14.1 Å². The molecule has 2 heterocycles. The van der Waals surface area contributed by atoms with Crippen LogP contribution in [-0.2, 0) is 22.4 Å². The SMILES string of the molecule is CCc1ccc2c(CC(=O)O[C@@H](C)c3nc4ccccc4c(=O)[nH]3)coc2c1. The van der Waals surface area contributed by atoms with Crippen LogP contribution in [0.25, 0.3) is 21.9 Å². The average Bonchev–Trinajstić information content (AvgIpc) is 3.09. The Balaban J connectivity index is 1.51. The lowest BCUT2D eigenvalue weighted by Gasteiger charge is -2.13. The van der Waals surface area contributed by atoms with Crippen LogP contribution in [0.3, 0.4) is 0 Å². The van der Waals surface area contributed by atoms with Gasteiger partial charge in [-0.15, -0.1) is 0 Å². The maximum Gasteiger partial charge on any atom is 0.311 e. The number of aromatic amines is 1. The smallest absolute Gasteiger partial charge is 0.311 e. The van der Waals surface area contributed by atoms with Crippen LogP contribution in [0.2, 0.25) is 0 Å². The molecule has 0 amide bonds. The average molecular weight is 376 g/mol. The Morgan fingerprint density at radius 2 is 2.04 bits per heavy atom. The number of carbonyl (C=O) groups excluding carboxylic acids is 1. The number of hydrogen-bond acceptors (Lipinski definition) is 5. The van der Waals surface area contributed by atoms with Crippen LogP contribution < -0.4 is 5.56 Å². The van der Waals surface area contributed by atoms with Crippen molar-refractivity contribution in [3.8, 4) is 0 Å². The summed E-state index contributed by atoms with van der Waals surface area (Å²) in [7, 11) is 0. The summed E-state index contributed by atoms with van der Waals surface area (Å²) in [6.07, 6.45) is 1.92. The minimum atomic E-state index is -0.672. The van der Waals surface area contributed by atoms with E-state index in [1.54, 1.807) is 31.4 Å². The lowest BCUT2D eigenvalue weighted by Crippen LogP contribution is -2.18. The van der Waals surface area contributed by atoms with E-state index < -0.39 is 12.1 Å². The highest BCUT2D eigenvalue weighted by molar-refractivity contribution is 5.86. The van der Waals surface area contributed by atoms with E-state index in [-0.39, 0.29) is 12.0 Å². The Bertz CT molecular complexity index is 1220. The fourth-order valence-corrected chi connectivity index (χ4v) is 3.23. The van der Waals surface area contributed by atoms with E-state index in [2.05, 4.69) is 16.9 Å². The van der Waals surface area contributed by atoms with Crippen LogP contribution >= 0.6 is 0 Å². The summed E-state index contributed by atoms with van der Waals surface area (Å²) in [5, 5.41) is 1.40. The monoisotopic (exact) mass is 376 g/mol. The van der Waals surface area contributed by atoms with Crippen LogP contribution in [0.4, 0.5) is 0 Å². The number of H-pyrrole nitrogens is 1. The molecule has 2 aromatic heterocycles. The number of hydrogen-bond donors (Lipinski definition) is 1. The predicted molar refractivity (Wildman–Crippen MR) is 106 cm³/mol. The molecule has 142 valence electrons. The number of aryl methyl sites for hydroxylation is 1. The van der Waals surface area contributed by atoms with Gasteiger partial charge in [0.1, 0.15) is 5.58 Å². The Hall–Kier alpha value is -3.41. The molecule has 2 aromatic carbocycles. The number of furan rings is 1. The highest BCUT2D eigenvalue weighted by atomic mass is 16.5. The second-order valence-corrected chi connectivity index (χ2v) is 6.72. The van der Waals surface area contributed by atoms with Gasteiger partial charge in [0, 0.05) is 10.9 Å². The number of ether oxygens (including phenoxy) is 1. The molecule has 4 aromatic rings. The molecule has 0 bridgehead atoms. The summed E-state index contributed by atoms with van der Waals surface area (Å²) in [6.45, 7) is 3.76. The van der Waals surface area contributed by atoms with E-state index in [0.717, 1.165) is 23.0 Å². The van der Waals surface area contributed by atoms with Crippen molar-refractivity contribution in [2.75, 3.05) is 0 Å². The molecule has 0 aliphatic rings. The van der Waals surface area contributed by atoms with Gasteiger partial charge in [-0.2, -0.15) is 0 Å². The zero-order valence-electron chi connectivity index (χ0n) is 15.7. The van der Waals surface area contributed by atoms with E-state index in [0.29, 0.717) is 16.7 Å². The summed E-state index contributed by atoms with van der Waals surface area (Å²) in [4.78, 5) is 31.7. The van der Waals surface area contributed by atoms with Crippen LogP contribution in [0.15, 0.2) is 57.9 Å². The molecule has 6 nitrogen and oxygen atoms in total. The van der Waals surface area contributed by atoms with Crippen LogP contribution in [0.1, 0.15) is 36.9 Å². The second-order valence-electron chi connectivity index (χ2n) is 6.72. The highest BCUT2D eigenvalue weighted by Gasteiger charge is 2.18. The lowest BCUT2D eigenvalue weighted by atomic mass is 10.1. The summed E-state index contributed by atoms with van der Waals surface area (Å²) in [5.74, 6) is -0.0905. The number of nitrogens with zero attached hydrogens (tertiary/aromatic N) is 1. The van der Waals surface area contributed by atoms with Gasteiger partial charge >= 0.3 is 5.97 Å². The first-order chi connectivity index (χ1) is 13.5. The molecular formula is C22H20N2O4. The Morgan fingerprint density at radius 1 is 1.21 bits per heavy atom. The maximum atomic E-state index is 12.4.